The van der Waals surface area contributed by atoms with Crippen LogP contribution >= 0.6 is 0 Å². The Labute approximate surface area is 59.0 Å². The van der Waals surface area contributed by atoms with Gasteiger partial charge >= 0.3 is 6.03 Å². The van der Waals surface area contributed by atoms with Crippen molar-refractivity contribution in [1.29, 1.82) is 0 Å². The summed E-state index contributed by atoms with van der Waals surface area (Å²) >= 11 is 0. The molecule has 0 aromatic heterocycles. The van der Waals surface area contributed by atoms with Gasteiger partial charge in [-0.05, 0) is 6.92 Å². The molecule has 2 amide bonds. The maximum atomic E-state index is 10.6. The quantitative estimate of drug-likeness (QED) is 0.516. The first kappa shape index (κ1) is 6.80. The first-order valence-corrected chi connectivity index (χ1v) is 2.99. The topological polar surface area (TPSA) is 58.7 Å². The number of primary amides is 1. The van der Waals surface area contributed by atoms with Gasteiger partial charge in [0.1, 0.15) is 0 Å². The summed E-state index contributed by atoms with van der Waals surface area (Å²) in [7, 11) is 0. The fourth-order valence-corrected chi connectivity index (χ4v) is 0.766. The Morgan fingerprint density at radius 2 is 2.50 bits per heavy atom. The van der Waals surface area contributed by atoms with Crippen LogP contribution in [-0.2, 0) is 0 Å². The average molecular weight is 139 g/mol. The highest BCUT2D eigenvalue weighted by molar-refractivity contribution is 5.79. The van der Waals surface area contributed by atoms with E-state index in [1.807, 2.05) is 6.92 Å². The molecule has 0 fully saturated rings. The lowest BCUT2D eigenvalue weighted by Gasteiger charge is -2.21. The summed E-state index contributed by atoms with van der Waals surface area (Å²) < 4.78 is 0. The monoisotopic (exact) mass is 139 g/mol. The second-order valence-corrected chi connectivity index (χ2v) is 2.08. The van der Waals surface area contributed by atoms with Crippen LogP contribution in [0.15, 0.2) is 17.4 Å². The van der Waals surface area contributed by atoms with Gasteiger partial charge in [-0.2, -0.15) is 0 Å². The smallest absolute Gasteiger partial charge is 0.319 e. The number of carbonyl (C=O) groups is 1. The SMILES string of the molecule is CC1C=NC=CN1C(N)=O. The van der Waals surface area contributed by atoms with Crippen LogP contribution in [0.3, 0.4) is 0 Å². The molecule has 0 saturated carbocycles. The van der Waals surface area contributed by atoms with Crippen molar-refractivity contribution in [3.05, 3.63) is 12.4 Å². The largest absolute Gasteiger partial charge is 0.351 e. The molecule has 0 aromatic rings. The summed E-state index contributed by atoms with van der Waals surface area (Å²) in [5, 5.41) is 0. The number of nitrogens with two attached hydrogens (primary N) is 1. The van der Waals surface area contributed by atoms with E-state index in [0.717, 1.165) is 0 Å². The molecule has 10 heavy (non-hydrogen) atoms. The predicted octanol–water partition coefficient (Wildman–Crippen LogP) is 0.311. The van der Waals surface area contributed by atoms with Gasteiger partial charge in [0.15, 0.2) is 0 Å². The van der Waals surface area contributed by atoms with Crippen LogP contribution in [-0.4, -0.2) is 23.2 Å². The average Bonchev–Trinajstić information content (AvgIpc) is 1.88. The summed E-state index contributed by atoms with van der Waals surface area (Å²) in [6, 6.07) is -0.475. The molecule has 0 aromatic carbocycles. The van der Waals surface area contributed by atoms with E-state index in [1.54, 1.807) is 12.4 Å². The Morgan fingerprint density at radius 1 is 1.80 bits per heavy atom. The molecule has 1 aliphatic heterocycles. The molecule has 1 heterocycles. The number of hydrogen-bond acceptors (Lipinski definition) is 2. The fraction of sp³-hybridized carbons (Fsp3) is 0.333. The van der Waals surface area contributed by atoms with Gasteiger partial charge in [-0.3, -0.25) is 9.89 Å². The lowest BCUT2D eigenvalue weighted by atomic mass is 10.3. The van der Waals surface area contributed by atoms with Crippen molar-refractivity contribution in [3.63, 3.8) is 0 Å². The number of carbonyl (C=O) groups excluding carboxylic acids is 1. The molecule has 0 spiro atoms. The van der Waals surface area contributed by atoms with Crippen molar-refractivity contribution in [2.24, 2.45) is 10.7 Å². The molecule has 0 aliphatic carbocycles. The molecule has 4 nitrogen and oxygen atoms in total. The highest BCUT2D eigenvalue weighted by Gasteiger charge is 2.13. The van der Waals surface area contributed by atoms with E-state index in [0.29, 0.717) is 0 Å². The van der Waals surface area contributed by atoms with Crippen LogP contribution in [0.4, 0.5) is 4.79 Å². The van der Waals surface area contributed by atoms with E-state index < -0.39 is 6.03 Å². The molecule has 4 heteroatoms. The Kier molecular flexibility index (Phi) is 1.71. The van der Waals surface area contributed by atoms with Crippen molar-refractivity contribution in [2.75, 3.05) is 0 Å². The Hall–Kier alpha value is -1.32. The van der Waals surface area contributed by atoms with Gasteiger partial charge in [-0.15, -0.1) is 0 Å². The van der Waals surface area contributed by atoms with Gasteiger partial charge in [-0.25, -0.2) is 4.79 Å². The van der Waals surface area contributed by atoms with E-state index in [9.17, 15) is 4.79 Å². The zero-order valence-corrected chi connectivity index (χ0v) is 5.69. The van der Waals surface area contributed by atoms with Crippen LogP contribution in [0, 0.1) is 0 Å². The highest BCUT2D eigenvalue weighted by Crippen LogP contribution is 2.01. The Morgan fingerprint density at radius 3 is 2.90 bits per heavy atom. The third kappa shape index (κ3) is 1.15. The summed E-state index contributed by atoms with van der Waals surface area (Å²) in [6.45, 7) is 1.84. The van der Waals surface area contributed by atoms with Gasteiger partial charge in [0, 0.05) is 18.6 Å². The van der Waals surface area contributed by atoms with Gasteiger partial charge in [0.05, 0.1) is 6.04 Å². The number of nitrogens with zero attached hydrogens (tertiary/aromatic N) is 2. The summed E-state index contributed by atoms with van der Waals surface area (Å²) in [6.07, 6.45) is 4.75. The minimum Gasteiger partial charge on any atom is -0.351 e. The third-order valence-corrected chi connectivity index (χ3v) is 1.31. The zero-order chi connectivity index (χ0) is 7.56. The lowest BCUT2D eigenvalue weighted by molar-refractivity contribution is 0.221. The highest BCUT2D eigenvalue weighted by atomic mass is 16.2. The maximum Gasteiger partial charge on any atom is 0.319 e. The van der Waals surface area contributed by atoms with Crippen molar-refractivity contribution < 1.29 is 4.79 Å². The summed E-state index contributed by atoms with van der Waals surface area (Å²) in [5.41, 5.74) is 5.03. The standard InChI is InChI=1S/C6H9N3O/c1-5-4-8-2-3-9(5)6(7)10/h2-5H,1H3,(H2,7,10). The zero-order valence-electron chi connectivity index (χ0n) is 5.69. The molecule has 0 saturated heterocycles. The summed E-state index contributed by atoms with van der Waals surface area (Å²) in [5.74, 6) is 0. The van der Waals surface area contributed by atoms with Crippen molar-refractivity contribution in [2.45, 2.75) is 13.0 Å². The van der Waals surface area contributed by atoms with Crippen LogP contribution in [0.2, 0.25) is 0 Å². The van der Waals surface area contributed by atoms with Crippen molar-refractivity contribution in [3.8, 4) is 0 Å². The van der Waals surface area contributed by atoms with E-state index in [1.165, 1.54) is 11.1 Å². The molecule has 1 rings (SSSR count). The van der Waals surface area contributed by atoms with Crippen LogP contribution in [0.25, 0.3) is 0 Å². The number of rotatable bonds is 0. The van der Waals surface area contributed by atoms with E-state index in [2.05, 4.69) is 4.99 Å². The molecule has 1 atom stereocenters. The second-order valence-electron chi connectivity index (χ2n) is 2.08. The number of amides is 2. The first-order valence-electron chi connectivity index (χ1n) is 2.99. The fourth-order valence-electron chi connectivity index (χ4n) is 0.766. The van der Waals surface area contributed by atoms with E-state index in [4.69, 9.17) is 5.73 Å². The second kappa shape index (κ2) is 2.51. The van der Waals surface area contributed by atoms with Gasteiger partial charge in [0.25, 0.3) is 0 Å². The van der Waals surface area contributed by atoms with Crippen molar-refractivity contribution in [1.82, 2.24) is 4.90 Å². The number of aliphatic imine (C=N–C) groups is 1. The molecule has 0 radical (unpaired) electrons. The molecular weight excluding hydrogens is 130 g/mol. The summed E-state index contributed by atoms with van der Waals surface area (Å²) in [4.78, 5) is 15.8. The molecule has 0 bridgehead atoms. The van der Waals surface area contributed by atoms with Gasteiger partial charge < -0.3 is 5.73 Å². The number of hydrogen-bond donors (Lipinski definition) is 1. The Balaban J connectivity index is 2.70. The number of urea groups is 1. The predicted molar refractivity (Wildman–Crippen MR) is 38.5 cm³/mol. The van der Waals surface area contributed by atoms with Crippen LogP contribution in [0.1, 0.15) is 6.92 Å². The minimum atomic E-state index is -0.449. The van der Waals surface area contributed by atoms with Crippen LogP contribution < -0.4 is 5.73 Å². The van der Waals surface area contributed by atoms with Gasteiger partial charge in [0.2, 0.25) is 0 Å². The molecule has 54 valence electrons. The van der Waals surface area contributed by atoms with E-state index in [-0.39, 0.29) is 6.04 Å². The molecule has 2 N–H and O–H groups in total. The first-order chi connectivity index (χ1) is 4.72. The molecular formula is C6H9N3O. The van der Waals surface area contributed by atoms with Gasteiger partial charge in [-0.1, -0.05) is 0 Å². The van der Waals surface area contributed by atoms with Crippen LogP contribution in [0.5, 0.6) is 0 Å². The third-order valence-electron chi connectivity index (χ3n) is 1.31. The van der Waals surface area contributed by atoms with Crippen molar-refractivity contribution >= 4 is 12.2 Å². The lowest BCUT2D eigenvalue weighted by Crippen LogP contribution is -2.39. The van der Waals surface area contributed by atoms with E-state index >= 15 is 0 Å². The normalized spacial score (nSPS) is 23.3. The Bertz CT molecular complexity index is 197. The molecule has 1 aliphatic rings. The minimum absolute atomic E-state index is 0.0255. The maximum absolute atomic E-state index is 10.6. The molecule has 1 unspecified atom stereocenters.